The van der Waals surface area contributed by atoms with Gasteiger partial charge in [-0.2, -0.15) is 0 Å². The van der Waals surface area contributed by atoms with Gasteiger partial charge in [0.1, 0.15) is 0 Å². The fraction of sp³-hybridized carbons (Fsp3) is 0.136. The lowest BCUT2D eigenvalue weighted by molar-refractivity contribution is -0.115. The third-order valence-corrected chi connectivity index (χ3v) is 5.53. The number of benzene rings is 2. The Morgan fingerprint density at radius 3 is 2.43 bits per heavy atom. The van der Waals surface area contributed by atoms with E-state index in [4.69, 9.17) is 0 Å². The first kappa shape index (κ1) is 20.2. The van der Waals surface area contributed by atoms with Crippen LogP contribution in [0.5, 0.6) is 0 Å². The van der Waals surface area contributed by atoms with Crippen molar-refractivity contribution in [1.29, 1.82) is 0 Å². The summed E-state index contributed by atoms with van der Waals surface area (Å²) in [6.45, 7) is 5.48. The molecular formula is C22H19BrN2O2S. The van der Waals surface area contributed by atoms with Gasteiger partial charge in [0.05, 0.1) is 11.4 Å². The number of aromatic nitrogens is 1. The molecule has 2 aromatic carbocycles. The van der Waals surface area contributed by atoms with E-state index in [-0.39, 0.29) is 11.7 Å². The summed E-state index contributed by atoms with van der Waals surface area (Å²) >= 11 is 4.74. The summed E-state index contributed by atoms with van der Waals surface area (Å²) in [5.41, 5.74) is 4.10. The van der Waals surface area contributed by atoms with Gasteiger partial charge in [-0.1, -0.05) is 46.3 Å². The molecule has 6 heteroatoms. The Balaban J connectivity index is 1.88. The number of amides is 1. The minimum Gasteiger partial charge on any atom is -0.289 e. The van der Waals surface area contributed by atoms with Crippen LogP contribution in [0.1, 0.15) is 34.1 Å². The zero-order valence-corrected chi connectivity index (χ0v) is 18.2. The van der Waals surface area contributed by atoms with Crippen LogP contribution < -0.4 is 4.90 Å². The molecule has 0 N–H and O–H groups in total. The molecule has 0 saturated carbocycles. The molecule has 0 saturated heterocycles. The Hall–Kier alpha value is -2.57. The number of para-hydroxylation sites is 1. The normalized spacial score (nSPS) is 11.0. The predicted octanol–water partition coefficient (Wildman–Crippen LogP) is 6.10. The van der Waals surface area contributed by atoms with E-state index in [1.807, 2.05) is 49.6 Å². The lowest BCUT2D eigenvalue weighted by Crippen LogP contribution is -2.24. The van der Waals surface area contributed by atoms with Crippen LogP contribution in [0, 0.1) is 13.8 Å². The second-order valence-corrected chi connectivity index (χ2v) is 8.11. The van der Waals surface area contributed by atoms with Gasteiger partial charge in [0.25, 0.3) is 0 Å². The maximum Gasteiger partial charge on any atom is 0.230 e. The van der Waals surface area contributed by atoms with E-state index >= 15 is 0 Å². The third-order valence-electron chi connectivity index (χ3n) is 4.19. The number of thiazole rings is 1. The summed E-state index contributed by atoms with van der Waals surface area (Å²) in [4.78, 5) is 30.9. The van der Waals surface area contributed by atoms with Crippen molar-refractivity contribution < 1.29 is 9.59 Å². The van der Waals surface area contributed by atoms with Crippen LogP contribution in [0.25, 0.3) is 6.08 Å². The Bertz CT molecular complexity index is 1050. The van der Waals surface area contributed by atoms with E-state index in [1.165, 1.54) is 24.3 Å². The maximum absolute atomic E-state index is 12.4. The topological polar surface area (TPSA) is 50.3 Å². The monoisotopic (exact) mass is 454 g/mol. The highest BCUT2D eigenvalue weighted by molar-refractivity contribution is 9.10. The van der Waals surface area contributed by atoms with Crippen molar-refractivity contribution in [1.82, 2.24) is 4.98 Å². The van der Waals surface area contributed by atoms with Gasteiger partial charge in [0, 0.05) is 22.3 Å². The first-order valence-electron chi connectivity index (χ1n) is 8.67. The number of hydrogen-bond donors (Lipinski definition) is 0. The van der Waals surface area contributed by atoms with E-state index in [1.54, 1.807) is 23.1 Å². The molecule has 142 valence electrons. The Morgan fingerprint density at radius 2 is 1.79 bits per heavy atom. The highest BCUT2D eigenvalue weighted by atomic mass is 79.9. The van der Waals surface area contributed by atoms with Gasteiger partial charge in [-0.3, -0.25) is 14.5 Å². The van der Waals surface area contributed by atoms with E-state index < -0.39 is 0 Å². The number of carbonyl (C=O) groups excluding carboxylic acids is 2. The van der Waals surface area contributed by atoms with Gasteiger partial charge in [-0.25, -0.2) is 4.98 Å². The van der Waals surface area contributed by atoms with Gasteiger partial charge >= 0.3 is 0 Å². The zero-order chi connectivity index (χ0) is 20.3. The number of carbonyl (C=O) groups is 2. The Labute approximate surface area is 176 Å². The van der Waals surface area contributed by atoms with Crippen LogP contribution in [0.3, 0.4) is 0 Å². The van der Waals surface area contributed by atoms with Crippen LogP contribution in [0.15, 0.2) is 58.4 Å². The van der Waals surface area contributed by atoms with Crippen LogP contribution >= 0.6 is 27.3 Å². The van der Waals surface area contributed by atoms with Crippen LogP contribution in [0.2, 0.25) is 0 Å². The molecule has 28 heavy (non-hydrogen) atoms. The second kappa shape index (κ2) is 8.63. The molecule has 0 spiro atoms. The van der Waals surface area contributed by atoms with Gasteiger partial charge in [-0.15, -0.1) is 11.3 Å². The van der Waals surface area contributed by atoms with Crippen LogP contribution in [-0.2, 0) is 4.79 Å². The summed E-state index contributed by atoms with van der Waals surface area (Å²) in [5.74, 6) is -0.207. The molecule has 1 amide bonds. The lowest BCUT2D eigenvalue weighted by atomic mass is 10.1. The number of aryl methyl sites for hydroxylation is 2. The molecule has 1 heterocycles. The van der Waals surface area contributed by atoms with Gasteiger partial charge in [0.2, 0.25) is 5.91 Å². The Morgan fingerprint density at radius 1 is 1.11 bits per heavy atom. The number of rotatable bonds is 5. The molecule has 0 aliphatic rings. The third kappa shape index (κ3) is 4.46. The molecule has 0 unspecified atom stereocenters. The molecular weight excluding hydrogens is 436 g/mol. The molecule has 4 nitrogen and oxygen atoms in total. The van der Waals surface area contributed by atoms with Crippen molar-refractivity contribution in [2.24, 2.45) is 0 Å². The average molecular weight is 455 g/mol. The first-order valence-corrected chi connectivity index (χ1v) is 10.3. The molecule has 0 fully saturated rings. The van der Waals surface area contributed by atoms with Crippen molar-refractivity contribution in [3.8, 4) is 0 Å². The minimum absolute atomic E-state index is 0.103. The fourth-order valence-corrected chi connectivity index (χ4v) is 4.14. The second-order valence-electron chi connectivity index (χ2n) is 6.36. The number of allylic oxidation sites excluding steroid dienone is 1. The molecule has 0 radical (unpaired) electrons. The molecule has 1 aromatic heterocycles. The van der Waals surface area contributed by atoms with Crippen molar-refractivity contribution in [3.05, 3.63) is 80.8 Å². The number of anilines is 2. The van der Waals surface area contributed by atoms with E-state index in [0.717, 1.165) is 21.3 Å². The van der Waals surface area contributed by atoms with Crippen molar-refractivity contribution >= 4 is 55.9 Å². The molecule has 3 rings (SSSR count). The average Bonchev–Trinajstić information content (AvgIpc) is 3.11. The van der Waals surface area contributed by atoms with Crippen LogP contribution in [-0.4, -0.2) is 16.7 Å². The summed E-state index contributed by atoms with van der Waals surface area (Å²) in [6, 6.07) is 13.2. The van der Waals surface area contributed by atoms with E-state index in [9.17, 15) is 9.59 Å². The van der Waals surface area contributed by atoms with E-state index in [0.29, 0.717) is 16.4 Å². The smallest absolute Gasteiger partial charge is 0.230 e. The molecule has 0 aliphatic heterocycles. The van der Waals surface area contributed by atoms with Gasteiger partial charge in [-0.05, 0) is 49.3 Å². The first-order chi connectivity index (χ1) is 13.4. The highest BCUT2D eigenvalue weighted by Crippen LogP contribution is 2.33. The molecule has 0 atom stereocenters. The Kier molecular flexibility index (Phi) is 6.21. The summed E-state index contributed by atoms with van der Waals surface area (Å²) in [5, 5.41) is 2.42. The number of nitrogens with zero attached hydrogens (tertiary/aromatic N) is 2. The minimum atomic E-state index is -0.104. The molecule has 0 bridgehead atoms. The summed E-state index contributed by atoms with van der Waals surface area (Å²) in [6.07, 6.45) is 3.17. The summed E-state index contributed by atoms with van der Waals surface area (Å²) in [7, 11) is 0. The van der Waals surface area contributed by atoms with Crippen molar-refractivity contribution in [3.63, 3.8) is 0 Å². The van der Waals surface area contributed by atoms with Gasteiger partial charge in [0.15, 0.2) is 10.9 Å². The quantitative estimate of drug-likeness (QED) is 0.345. The number of ketones is 1. The zero-order valence-electron chi connectivity index (χ0n) is 15.8. The summed E-state index contributed by atoms with van der Waals surface area (Å²) < 4.78 is 0.855. The SMILES string of the molecule is CC(=O)N(c1nc(/C=C/C(=O)c2cccc(Br)c2)cs1)c1c(C)cccc1C. The van der Waals surface area contributed by atoms with Crippen LogP contribution in [0.4, 0.5) is 10.8 Å². The molecule has 3 aromatic rings. The van der Waals surface area contributed by atoms with Gasteiger partial charge < -0.3 is 0 Å². The lowest BCUT2D eigenvalue weighted by Gasteiger charge is -2.22. The largest absolute Gasteiger partial charge is 0.289 e. The standard InChI is InChI=1S/C22H19BrN2O2S/c1-14-6-4-7-15(2)21(14)25(16(3)26)22-24-19(13-28-22)10-11-20(27)17-8-5-9-18(23)12-17/h4-13H,1-3H3/b11-10+. The molecule has 0 aliphatic carbocycles. The number of halogens is 1. The van der Waals surface area contributed by atoms with E-state index in [2.05, 4.69) is 20.9 Å². The fourth-order valence-electron chi connectivity index (χ4n) is 2.90. The predicted molar refractivity (Wildman–Crippen MR) is 118 cm³/mol. The highest BCUT2D eigenvalue weighted by Gasteiger charge is 2.21. The number of hydrogen-bond acceptors (Lipinski definition) is 4. The van der Waals surface area contributed by atoms with Crippen molar-refractivity contribution in [2.75, 3.05) is 4.90 Å². The maximum atomic E-state index is 12.4. The van der Waals surface area contributed by atoms with Crippen molar-refractivity contribution in [2.45, 2.75) is 20.8 Å².